The number of epoxide rings is 2. The molecule has 0 bridgehead atoms. The highest BCUT2D eigenvalue weighted by molar-refractivity contribution is 6.74. The second-order valence-electron chi connectivity index (χ2n) is 11.4. The molecule has 0 amide bonds. The Morgan fingerprint density at radius 2 is 1.65 bits per heavy atom. The van der Waals surface area contributed by atoms with Crippen LogP contribution in [0.25, 0.3) is 10.8 Å². The molecule has 7 nitrogen and oxygen atoms in total. The second-order valence-corrected chi connectivity index (χ2v) is 16.1. The van der Waals surface area contributed by atoms with Crippen molar-refractivity contribution < 1.29 is 33.0 Å². The molecule has 7 rings (SSSR count). The number of fused-ring (bicyclic) bond motifs is 2. The van der Waals surface area contributed by atoms with E-state index in [-0.39, 0.29) is 16.6 Å². The number of rotatable bonds is 2. The first-order valence-electron chi connectivity index (χ1n) is 11.7. The molecule has 0 aromatic heterocycles. The van der Waals surface area contributed by atoms with Crippen LogP contribution in [0.2, 0.25) is 18.1 Å². The van der Waals surface area contributed by atoms with Crippen molar-refractivity contribution >= 4 is 30.7 Å². The first-order valence-corrected chi connectivity index (χ1v) is 14.6. The zero-order valence-corrected chi connectivity index (χ0v) is 20.7. The summed E-state index contributed by atoms with van der Waals surface area (Å²) >= 11 is 0. The van der Waals surface area contributed by atoms with E-state index in [0.29, 0.717) is 11.5 Å². The fourth-order valence-electron chi connectivity index (χ4n) is 5.68. The maximum absolute atomic E-state index is 13.7. The number of ketones is 2. The predicted octanol–water partition coefficient (Wildman–Crippen LogP) is 3.69. The molecule has 8 heteroatoms. The van der Waals surface area contributed by atoms with E-state index in [0.717, 1.165) is 10.8 Å². The molecule has 2 aromatic carbocycles. The number of carbonyl (C=O) groups is 2. The van der Waals surface area contributed by atoms with E-state index >= 15 is 0 Å². The van der Waals surface area contributed by atoms with Crippen molar-refractivity contribution in [2.75, 3.05) is 0 Å². The number of carbonyl (C=O) groups excluding carboxylic acids is 2. The first-order chi connectivity index (χ1) is 16.0. The lowest BCUT2D eigenvalue weighted by atomic mass is 9.67. The smallest absolute Gasteiger partial charge is 0.321 e. The lowest BCUT2D eigenvalue weighted by Gasteiger charge is -2.46. The molecule has 2 saturated heterocycles. The predicted molar refractivity (Wildman–Crippen MR) is 124 cm³/mol. The highest BCUT2D eigenvalue weighted by atomic mass is 28.4. The Morgan fingerprint density at radius 3 is 2.26 bits per heavy atom. The van der Waals surface area contributed by atoms with Crippen LogP contribution in [-0.2, 0) is 23.5 Å². The molecule has 2 aliphatic carbocycles. The van der Waals surface area contributed by atoms with Crippen molar-refractivity contribution in [1.29, 1.82) is 0 Å². The number of hydrogen-bond acceptors (Lipinski definition) is 7. The van der Waals surface area contributed by atoms with Crippen LogP contribution < -0.4 is 9.47 Å². The van der Waals surface area contributed by atoms with E-state index in [1.807, 2.05) is 36.4 Å². The number of benzene rings is 2. The number of ether oxygens (including phenoxy) is 4. The zero-order chi connectivity index (χ0) is 23.9. The molecule has 176 valence electrons. The van der Waals surface area contributed by atoms with Gasteiger partial charge in [-0.15, -0.1) is 0 Å². The van der Waals surface area contributed by atoms with Crippen molar-refractivity contribution in [3.8, 4) is 11.5 Å². The average molecular weight is 479 g/mol. The summed E-state index contributed by atoms with van der Waals surface area (Å²) in [4.78, 5) is 27.3. The highest BCUT2D eigenvalue weighted by Crippen LogP contribution is 2.71. The van der Waals surface area contributed by atoms with Gasteiger partial charge in [-0.3, -0.25) is 9.59 Å². The summed E-state index contributed by atoms with van der Waals surface area (Å²) in [6.45, 7) is 10.6. The standard InChI is InChI=1S/C26H26O7Si/c1-23(2,3)34(4,5)32-18-13-12-17(27)25-24(18,33-25)21(28)20-22(29-20)26(25)30-15-10-6-8-14-9-7-11-16(31-26)19(14)15/h6-13,18,20,22H,1-5H3/t18-,20+,22+,24-,25-/m0/s1. The molecular formula is C26H26O7Si. The van der Waals surface area contributed by atoms with Crippen LogP contribution in [0.15, 0.2) is 48.6 Å². The van der Waals surface area contributed by atoms with Crippen molar-refractivity contribution in [3.63, 3.8) is 0 Å². The molecule has 3 aliphatic heterocycles. The van der Waals surface area contributed by atoms with Gasteiger partial charge in [-0.05, 0) is 47.8 Å². The Morgan fingerprint density at radius 1 is 1.00 bits per heavy atom. The van der Waals surface area contributed by atoms with Gasteiger partial charge in [0.25, 0.3) is 5.60 Å². The topological polar surface area (TPSA) is 86.9 Å². The van der Waals surface area contributed by atoms with E-state index in [1.54, 1.807) is 6.08 Å². The van der Waals surface area contributed by atoms with Crippen molar-refractivity contribution in [2.45, 2.75) is 74.2 Å². The van der Waals surface area contributed by atoms with Crippen LogP contribution in [0.3, 0.4) is 0 Å². The Labute approximate surface area is 198 Å². The summed E-state index contributed by atoms with van der Waals surface area (Å²) in [6, 6.07) is 11.4. The maximum Gasteiger partial charge on any atom is 0.321 e. The van der Waals surface area contributed by atoms with Gasteiger partial charge < -0.3 is 23.4 Å². The Hall–Kier alpha value is -2.52. The third kappa shape index (κ3) is 2.11. The molecule has 3 fully saturated rings. The van der Waals surface area contributed by atoms with Crippen LogP contribution >= 0.6 is 0 Å². The van der Waals surface area contributed by atoms with Crippen LogP contribution in [-0.4, -0.2) is 55.2 Å². The summed E-state index contributed by atoms with van der Waals surface area (Å²) in [6.07, 6.45) is 0.864. The van der Waals surface area contributed by atoms with E-state index < -0.39 is 43.6 Å². The van der Waals surface area contributed by atoms with Gasteiger partial charge in [-0.2, -0.15) is 0 Å². The van der Waals surface area contributed by atoms with Crippen molar-refractivity contribution in [1.82, 2.24) is 0 Å². The third-order valence-electron chi connectivity index (χ3n) is 8.53. The number of Topliss-reactive ketones (excluding diaryl/α,β-unsaturated/α-hetero) is 1. The normalized spacial score (nSPS) is 36.3. The van der Waals surface area contributed by atoms with Crippen molar-refractivity contribution in [3.05, 3.63) is 48.6 Å². The third-order valence-corrected chi connectivity index (χ3v) is 13.0. The van der Waals surface area contributed by atoms with Crippen LogP contribution in [0.1, 0.15) is 20.8 Å². The summed E-state index contributed by atoms with van der Waals surface area (Å²) in [5.74, 6) is -1.10. The van der Waals surface area contributed by atoms with E-state index in [1.165, 1.54) is 6.08 Å². The Balaban J connectivity index is 1.39. The monoisotopic (exact) mass is 478 g/mol. The van der Waals surface area contributed by atoms with Gasteiger partial charge in [0, 0.05) is 0 Å². The molecule has 0 unspecified atom stereocenters. The molecule has 2 aromatic rings. The fourth-order valence-corrected chi connectivity index (χ4v) is 6.91. The SMILES string of the molecule is CC(C)(C)[Si](C)(C)O[C@H]1C=CC(=O)[C@]23O[C@]12C(=O)[C@H]1O[C@H]1C31Oc2cccc3cccc(c23)O1. The second kappa shape index (κ2) is 5.82. The van der Waals surface area contributed by atoms with E-state index in [4.69, 9.17) is 23.4 Å². The van der Waals surface area contributed by atoms with E-state index in [9.17, 15) is 9.59 Å². The van der Waals surface area contributed by atoms with Gasteiger partial charge >= 0.3 is 5.79 Å². The Kier molecular flexibility index (Phi) is 3.56. The molecule has 1 saturated carbocycles. The summed E-state index contributed by atoms with van der Waals surface area (Å²) in [5.41, 5.74) is -3.21. The molecule has 5 aliphatic rings. The quantitative estimate of drug-likeness (QED) is 0.481. The van der Waals surface area contributed by atoms with Gasteiger partial charge in [-0.1, -0.05) is 45.0 Å². The van der Waals surface area contributed by atoms with Gasteiger partial charge in [-0.25, -0.2) is 0 Å². The minimum atomic E-state index is -2.33. The van der Waals surface area contributed by atoms with Gasteiger partial charge in [0.1, 0.15) is 17.6 Å². The zero-order valence-electron chi connectivity index (χ0n) is 19.7. The van der Waals surface area contributed by atoms with Crippen LogP contribution in [0.5, 0.6) is 11.5 Å². The molecule has 0 N–H and O–H groups in total. The van der Waals surface area contributed by atoms with Crippen molar-refractivity contribution in [2.24, 2.45) is 0 Å². The molecular weight excluding hydrogens is 452 g/mol. The van der Waals surface area contributed by atoms with Gasteiger partial charge in [0.2, 0.25) is 11.4 Å². The minimum Gasteiger partial charge on any atom is -0.446 e. The Bertz CT molecular complexity index is 1300. The summed E-state index contributed by atoms with van der Waals surface area (Å²) in [5, 5.41) is 1.68. The molecule has 5 atom stereocenters. The largest absolute Gasteiger partial charge is 0.446 e. The summed E-state index contributed by atoms with van der Waals surface area (Å²) < 4.78 is 31.9. The molecule has 3 heterocycles. The lowest BCUT2D eigenvalue weighted by molar-refractivity contribution is -0.189. The van der Waals surface area contributed by atoms with Crippen LogP contribution in [0, 0.1) is 0 Å². The van der Waals surface area contributed by atoms with Gasteiger partial charge in [0.15, 0.2) is 26.3 Å². The average Bonchev–Trinajstić information content (AvgIpc) is 3.67. The number of hydrogen-bond donors (Lipinski definition) is 0. The van der Waals surface area contributed by atoms with E-state index in [2.05, 4.69) is 33.9 Å². The fraction of sp³-hybridized carbons (Fsp3) is 0.462. The van der Waals surface area contributed by atoms with Gasteiger partial charge in [0.05, 0.1) is 5.39 Å². The molecule has 34 heavy (non-hydrogen) atoms. The maximum atomic E-state index is 13.7. The van der Waals surface area contributed by atoms with Crippen LogP contribution in [0.4, 0.5) is 0 Å². The summed E-state index contributed by atoms with van der Waals surface area (Å²) in [7, 11) is -2.33. The molecule has 0 radical (unpaired) electrons. The minimum absolute atomic E-state index is 0.100. The lowest BCUT2D eigenvalue weighted by Crippen LogP contribution is -2.73. The first kappa shape index (κ1) is 20.8. The highest BCUT2D eigenvalue weighted by Gasteiger charge is 3.00. The molecule has 1 spiro atoms.